The Kier molecular flexibility index (Phi) is 4.84. The summed E-state index contributed by atoms with van der Waals surface area (Å²) < 4.78 is 16.2. The highest BCUT2D eigenvalue weighted by Crippen LogP contribution is 2.23. The molecule has 1 atom stereocenters. The number of amides is 1. The van der Waals surface area contributed by atoms with Gasteiger partial charge in [0.05, 0.1) is 20.2 Å². The summed E-state index contributed by atoms with van der Waals surface area (Å²) in [4.78, 5) is 13.7. The quantitative estimate of drug-likeness (QED) is 0.795. The molecule has 5 heteroatoms. The zero-order chi connectivity index (χ0) is 14.5. The summed E-state index contributed by atoms with van der Waals surface area (Å²) in [6.45, 7) is 5.42. The van der Waals surface area contributed by atoms with E-state index in [1.165, 1.54) is 0 Å². The van der Waals surface area contributed by atoms with Crippen LogP contribution >= 0.6 is 0 Å². The Hall–Kier alpha value is -1.75. The van der Waals surface area contributed by atoms with Gasteiger partial charge in [-0.1, -0.05) is 6.07 Å². The van der Waals surface area contributed by atoms with Gasteiger partial charge in [0.2, 0.25) is 0 Å². The summed E-state index contributed by atoms with van der Waals surface area (Å²) in [5.41, 5.74) is 0. The third-order valence-corrected chi connectivity index (χ3v) is 3.27. The summed E-state index contributed by atoms with van der Waals surface area (Å²) in [5, 5.41) is 0. The second-order valence-electron chi connectivity index (χ2n) is 4.76. The van der Waals surface area contributed by atoms with Crippen LogP contribution in [0.2, 0.25) is 0 Å². The first-order valence-corrected chi connectivity index (χ1v) is 6.85. The minimum atomic E-state index is -0.377. The molecule has 5 nitrogen and oxygen atoms in total. The minimum Gasteiger partial charge on any atom is -0.497 e. The van der Waals surface area contributed by atoms with E-state index in [-0.39, 0.29) is 18.1 Å². The fourth-order valence-corrected chi connectivity index (χ4v) is 2.14. The molecule has 0 N–H and O–H groups in total. The molecule has 1 aliphatic heterocycles. The number of likely N-dealkylation sites (tertiary alicyclic amines) is 1. The van der Waals surface area contributed by atoms with Crippen molar-refractivity contribution in [3.05, 3.63) is 24.3 Å². The van der Waals surface area contributed by atoms with E-state index in [1.807, 2.05) is 31.2 Å². The molecule has 0 spiro atoms. The Morgan fingerprint density at radius 3 is 2.75 bits per heavy atom. The summed E-state index contributed by atoms with van der Waals surface area (Å²) in [6, 6.07) is 7.48. The van der Waals surface area contributed by atoms with Crippen LogP contribution in [0.3, 0.4) is 0 Å². The Morgan fingerprint density at radius 1 is 1.40 bits per heavy atom. The van der Waals surface area contributed by atoms with Crippen LogP contribution in [0, 0.1) is 0 Å². The molecule has 1 heterocycles. The van der Waals surface area contributed by atoms with Gasteiger partial charge in [-0.2, -0.15) is 0 Å². The molecule has 0 radical (unpaired) electrons. The highest BCUT2D eigenvalue weighted by atomic mass is 16.5. The third kappa shape index (κ3) is 3.42. The van der Waals surface area contributed by atoms with Gasteiger partial charge < -0.3 is 19.1 Å². The monoisotopic (exact) mass is 279 g/mol. The van der Waals surface area contributed by atoms with Crippen molar-refractivity contribution in [2.75, 3.05) is 26.8 Å². The van der Waals surface area contributed by atoms with Crippen LogP contribution in [-0.4, -0.2) is 49.8 Å². The second kappa shape index (κ2) is 6.61. The molecular weight excluding hydrogens is 258 g/mol. The lowest BCUT2D eigenvalue weighted by atomic mass is 10.1. The van der Waals surface area contributed by atoms with E-state index < -0.39 is 0 Å². The minimum absolute atomic E-state index is 0.0253. The largest absolute Gasteiger partial charge is 0.497 e. The number of rotatable bonds is 6. The molecule has 2 rings (SSSR count). The van der Waals surface area contributed by atoms with E-state index in [2.05, 4.69) is 0 Å². The van der Waals surface area contributed by atoms with Crippen LogP contribution in [0.1, 0.15) is 13.8 Å². The predicted octanol–water partition coefficient (Wildman–Crippen LogP) is 1.71. The van der Waals surface area contributed by atoms with Gasteiger partial charge in [-0.3, -0.25) is 4.79 Å². The van der Waals surface area contributed by atoms with Crippen molar-refractivity contribution < 1.29 is 19.0 Å². The summed E-state index contributed by atoms with van der Waals surface area (Å²) in [5.74, 6) is 1.55. The van der Waals surface area contributed by atoms with Crippen molar-refractivity contribution in [1.82, 2.24) is 4.90 Å². The lowest BCUT2D eigenvalue weighted by Gasteiger charge is -2.40. The maximum Gasteiger partial charge on any atom is 0.251 e. The molecule has 1 aliphatic rings. The third-order valence-electron chi connectivity index (χ3n) is 3.27. The van der Waals surface area contributed by atoms with Crippen LogP contribution in [0.4, 0.5) is 0 Å². The van der Waals surface area contributed by atoms with E-state index >= 15 is 0 Å². The molecule has 0 saturated carbocycles. The van der Waals surface area contributed by atoms with Crippen molar-refractivity contribution >= 4 is 5.91 Å². The summed E-state index contributed by atoms with van der Waals surface area (Å²) >= 11 is 0. The van der Waals surface area contributed by atoms with Crippen molar-refractivity contribution in [3.63, 3.8) is 0 Å². The molecule has 20 heavy (non-hydrogen) atoms. The zero-order valence-corrected chi connectivity index (χ0v) is 12.2. The maximum absolute atomic E-state index is 11.9. The van der Waals surface area contributed by atoms with Crippen LogP contribution < -0.4 is 9.47 Å². The van der Waals surface area contributed by atoms with Crippen LogP contribution in [0.15, 0.2) is 24.3 Å². The number of nitrogens with zero attached hydrogens (tertiary/aromatic N) is 1. The van der Waals surface area contributed by atoms with Crippen molar-refractivity contribution in [2.45, 2.75) is 26.1 Å². The van der Waals surface area contributed by atoms with Gasteiger partial charge in [-0.05, 0) is 26.0 Å². The van der Waals surface area contributed by atoms with Gasteiger partial charge in [-0.25, -0.2) is 0 Å². The Morgan fingerprint density at radius 2 is 2.10 bits per heavy atom. The smallest absolute Gasteiger partial charge is 0.251 e. The number of carbonyl (C=O) groups excluding carboxylic acids is 1. The van der Waals surface area contributed by atoms with Gasteiger partial charge in [0.25, 0.3) is 5.91 Å². The molecule has 110 valence electrons. The van der Waals surface area contributed by atoms with E-state index in [0.29, 0.717) is 19.7 Å². The lowest BCUT2D eigenvalue weighted by molar-refractivity contribution is -0.151. The first-order valence-electron chi connectivity index (χ1n) is 6.85. The summed E-state index contributed by atoms with van der Waals surface area (Å²) in [6.07, 6.45) is -0.336. The topological polar surface area (TPSA) is 48.0 Å². The zero-order valence-electron chi connectivity index (χ0n) is 12.2. The standard InChI is InChI=1S/C15H21NO4/c1-4-19-11(2)15(17)16-9-14(10-16)20-13-7-5-6-12(8-13)18-3/h5-8,11,14H,4,9-10H2,1-3H3/t11-/m1/s1. The number of carbonyl (C=O) groups is 1. The van der Waals surface area contributed by atoms with Gasteiger partial charge in [-0.15, -0.1) is 0 Å². The molecule has 0 aliphatic carbocycles. The molecule has 1 aromatic rings. The van der Waals surface area contributed by atoms with Gasteiger partial charge in [0.1, 0.15) is 23.7 Å². The van der Waals surface area contributed by atoms with Crippen molar-refractivity contribution in [3.8, 4) is 11.5 Å². The number of hydrogen-bond acceptors (Lipinski definition) is 4. The van der Waals surface area contributed by atoms with E-state index in [1.54, 1.807) is 18.9 Å². The predicted molar refractivity (Wildman–Crippen MR) is 75.1 cm³/mol. The van der Waals surface area contributed by atoms with Crippen LogP contribution in [0.25, 0.3) is 0 Å². The number of hydrogen-bond donors (Lipinski definition) is 0. The fraction of sp³-hybridized carbons (Fsp3) is 0.533. The molecule has 0 unspecified atom stereocenters. The van der Waals surface area contributed by atoms with Gasteiger partial charge >= 0.3 is 0 Å². The lowest BCUT2D eigenvalue weighted by Crippen LogP contribution is -2.58. The molecule has 0 bridgehead atoms. The first kappa shape index (κ1) is 14.7. The van der Waals surface area contributed by atoms with E-state index in [4.69, 9.17) is 14.2 Å². The normalized spacial score (nSPS) is 16.4. The average molecular weight is 279 g/mol. The molecule has 1 fully saturated rings. The second-order valence-corrected chi connectivity index (χ2v) is 4.76. The molecule has 1 saturated heterocycles. The summed E-state index contributed by atoms with van der Waals surface area (Å²) in [7, 11) is 1.62. The maximum atomic E-state index is 11.9. The SMILES string of the molecule is CCO[C@H](C)C(=O)N1CC(Oc2cccc(OC)c2)C1. The Labute approximate surface area is 119 Å². The van der Waals surface area contributed by atoms with Crippen LogP contribution in [-0.2, 0) is 9.53 Å². The average Bonchev–Trinajstić information content (AvgIpc) is 2.42. The Balaban J connectivity index is 1.80. The molecule has 1 aromatic carbocycles. The van der Waals surface area contributed by atoms with Crippen molar-refractivity contribution in [2.24, 2.45) is 0 Å². The highest BCUT2D eigenvalue weighted by molar-refractivity contribution is 5.81. The fourth-order valence-electron chi connectivity index (χ4n) is 2.14. The number of benzene rings is 1. The van der Waals surface area contributed by atoms with Gasteiger partial charge in [0, 0.05) is 12.7 Å². The molecule has 0 aromatic heterocycles. The number of methoxy groups -OCH3 is 1. The van der Waals surface area contributed by atoms with Crippen molar-refractivity contribution in [1.29, 1.82) is 0 Å². The van der Waals surface area contributed by atoms with E-state index in [0.717, 1.165) is 11.5 Å². The molecule has 1 amide bonds. The molecular formula is C15H21NO4. The van der Waals surface area contributed by atoms with E-state index in [9.17, 15) is 4.79 Å². The highest BCUT2D eigenvalue weighted by Gasteiger charge is 2.34. The number of ether oxygens (including phenoxy) is 3. The Bertz CT molecular complexity index is 457. The van der Waals surface area contributed by atoms with Gasteiger partial charge in [0.15, 0.2) is 0 Å². The first-order chi connectivity index (χ1) is 9.63. The van der Waals surface area contributed by atoms with Crippen LogP contribution in [0.5, 0.6) is 11.5 Å².